The first-order valence-electron chi connectivity index (χ1n) is 26.2. The van der Waals surface area contributed by atoms with E-state index in [2.05, 4.69) is 32.9 Å². The standard InChI is InChI=1S/C53H102O5/c1-4-7-10-13-16-19-21-23-24-25-26-27-28-29-31-33-36-39-42-45-48-56-49-51(58-53(55)47-44-41-38-34-18-15-12-9-6-3)50-57-52(54)46-43-40-37-35-32-30-22-20-17-14-11-8-5-2/h20,22,51H,4-19,21,23-50H2,1-3H3/b22-20-. The maximum Gasteiger partial charge on any atom is 0.306 e. The van der Waals surface area contributed by atoms with E-state index in [0.717, 1.165) is 44.9 Å². The summed E-state index contributed by atoms with van der Waals surface area (Å²) in [5, 5.41) is 0. The van der Waals surface area contributed by atoms with E-state index in [1.807, 2.05) is 0 Å². The molecule has 0 amide bonds. The second-order valence-electron chi connectivity index (χ2n) is 17.8. The fourth-order valence-corrected chi connectivity index (χ4v) is 7.86. The van der Waals surface area contributed by atoms with Gasteiger partial charge in [-0.3, -0.25) is 9.59 Å². The molecule has 0 N–H and O–H groups in total. The van der Waals surface area contributed by atoms with Crippen LogP contribution in [0.3, 0.4) is 0 Å². The Morgan fingerprint density at radius 3 is 1.07 bits per heavy atom. The lowest BCUT2D eigenvalue weighted by molar-refractivity contribution is -0.163. The summed E-state index contributed by atoms with van der Waals surface area (Å²) in [4.78, 5) is 25.3. The van der Waals surface area contributed by atoms with Gasteiger partial charge >= 0.3 is 11.9 Å². The van der Waals surface area contributed by atoms with E-state index in [0.29, 0.717) is 26.1 Å². The third-order valence-corrected chi connectivity index (χ3v) is 11.8. The number of unbranched alkanes of at least 4 members (excludes halogenated alkanes) is 36. The maximum absolute atomic E-state index is 12.7. The number of hydrogen-bond acceptors (Lipinski definition) is 5. The lowest BCUT2D eigenvalue weighted by Gasteiger charge is -2.18. The minimum atomic E-state index is -0.528. The third-order valence-electron chi connectivity index (χ3n) is 11.8. The summed E-state index contributed by atoms with van der Waals surface area (Å²) < 4.78 is 17.4. The minimum Gasteiger partial charge on any atom is -0.462 e. The van der Waals surface area contributed by atoms with Crippen molar-refractivity contribution in [2.24, 2.45) is 0 Å². The Labute approximate surface area is 363 Å². The minimum absolute atomic E-state index is 0.0896. The highest BCUT2D eigenvalue weighted by atomic mass is 16.6. The molecule has 0 saturated heterocycles. The second kappa shape index (κ2) is 50.0. The van der Waals surface area contributed by atoms with Gasteiger partial charge in [0.15, 0.2) is 6.10 Å². The number of carbonyl (C=O) groups is 2. The predicted molar refractivity (Wildman–Crippen MR) is 252 cm³/mol. The van der Waals surface area contributed by atoms with Crippen LogP contribution in [0, 0.1) is 0 Å². The van der Waals surface area contributed by atoms with Crippen LogP contribution in [0.15, 0.2) is 12.2 Å². The Kier molecular flexibility index (Phi) is 48.8. The summed E-state index contributed by atoms with van der Waals surface area (Å²) in [6.07, 6.45) is 56.6. The second-order valence-corrected chi connectivity index (χ2v) is 17.8. The van der Waals surface area contributed by atoms with E-state index >= 15 is 0 Å². The van der Waals surface area contributed by atoms with Crippen molar-refractivity contribution in [1.29, 1.82) is 0 Å². The largest absolute Gasteiger partial charge is 0.462 e. The van der Waals surface area contributed by atoms with Gasteiger partial charge in [-0.2, -0.15) is 0 Å². The Bertz CT molecular complexity index is 840. The predicted octanol–water partition coefficient (Wildman–Crippen LogP) is 17.5. The fourth-order valence-electron chi connectivity index (χ4n) is 7.86. The average Bonchev–Trinajstić information content (AvgIpc) is 3.22. The van der Waals surface area contributed by atoms with Crippen molar-refractivity contribution < 1.29 is 23.8 Å². The van der Waals surface area contributed by atoms with E-state index in [1.165, 1.54) is 212 Å². The van der Waals surface area contributed by atoms with Gasteiger partial charge in [0.25, 0.3) is 0 Å². The van der Waals surface area contributed by atoms with Gasteiger partial charge in [-0.05, 0) is 44.9 Å². The summed E-state index contributed by atoms with van der Waals surface area (Å²) >= 11 is 0. The maximum atomic E-state index is 12.7. The summed E-state index contributed by atoms with van der Waals surface area (Å²) in [7, 11) is 0. The third kappa shape index (κ3) is 47.3. The van der Waals surface area contributed by atoms with Crippen LogP contribution in [0.5, 0.6) is 0 Å². The molecule has 0 aliphatic rings. The van der Waals surface area contributed by atoms with Crippen LogP contribution in [0.4, 0.5) is 0 Å². The van der Waals surface area contributed by atoms with E-state index in [-0.39, 0.29) is 18.5 Å². The van der Waals surface area contributed by atoms with Gasteiger partial charge in [0.1, 0.15) is 6.61 Å². The molecule has 0 fully saturated rings. The zero-order chi connectivity index (χ0) is 42.1. The van der Waals surface area contributed by atoms with Crippen LogP contribution < -0.4 is 0 Å². The number of ether oxygens (including phenoxy) is 3. The molecular formula is C53H102O5. The molecule has 344 valence electrons. The highest BCUT2D eigenvalue weighted by Crippen LogP contribution is 2.16. The number of hydrogen-bond donors (Lipinski definition) is 0. The highest BCUT2D eigenvalue weighted by molar-refractivity contribution is 5.70. The summed E-state index contributed by atoms with van der Waals surface area (Å²) in [6, 6.07) is 0. The zero-order valence-electron chi connectivity index (χ0n) is 39.6. The molecular weight excluding hydrogens is 717 g/mol. The molecule has 0 aromatic rings. The van der Waals surface area contributed by atoms with E-state index in [9.17, 15) is 9.59 Å². The van der Waals surface area contributed by atoms with Gasteiger partial charge in [0.2, 0.25) is 0 Å². The molecule has 0 rings (SSSR count). The fraction of sp³-hybridized carbons (Fsp3) is 0.925. The average molecular weight is 819 g/mol. The molecule has 0 saturated carbocycles. The van der Waals surface area contributed by atoms with Crippen molar-refractivity contribution in [3.05, 3.63) is 12.2 Å². The number of carbonyl (C=O) groups excluding carboxylic acids is 2. The number of allylic oxidation sites excluding steroid dienone is 2. The van der Waals surface area contributed by atoms with E-state index < -0.39 is 6.10 Å². The lowest BCUT2D eigenvalue weighted by Crippen LogP contribution is -2.30. The number of esters is 2. The zero-order valence-corrected chi connectivity index (χ0v) is 39.6. The van der Waals surface area contributed by atoms with Crippen LogP contribution in [-0.4, -0.2) is 37.9 Å². The van der Waals surface area contributed by atoms with Gasteiger partial charge in [-0.1, -0.05) is 245 Å². The quantitative estimate of drug-likeness (QED) is 0.0348. The summed E-state index contributed by atoms with van der Waals surface area (Å²) in [5.41, 5.74) is 0. The van der Waals surface area contributed by atoms with Crippen molar-refractivity contribution in [2.75, 3.05) is 19.8 Å². The molecule has 1 unspecified atom stereocenters. The molecule has 0 aliphatic carbocycles. The van der Waals surface area contributed by atoms with Crippen LogP contribution in [-0.2, 0) is 23.8 Å². The van der Waals surface area contributed by atoms with Gasteiger partial charge in [-0.25, -0.2) is 0 Å². The number of rotatable bonds is 49. The normalized spacial score (nSPS) is 12.1. The molecule has 5 nitrogen and oxygen atoms in total. The molecule has 58 heavy (non-hydrogen) atoms. The monoisotopic (exact) mass is 819 g/mol. The molecule has 0 aliphatic heterocycles. The summed E-state index contributed by atoms with van der Waals surface area (Å²) in [5.74, 6) is -0.391. The van der Waals surface area contributed by atoms with Crippen LogP contribution >= 0.6 is 0 Å². The van der Waals surface area contributed by atoms with E-state index in [4.69, 9.17) is 14.2 Å². The van der Waals surface area contributed by atoms with Crippen molar-refractivity contribution in [2.45, 2.75) is 297 Å². The Morgan fingerprint density at radius 2 is 0.672 bits per heavy atom. The van der Waals surface area contributed by atoms with Crippen molar-refractivity contribution in [3.63, 3.8) is 0 Å². The molecule has 0 radical (unpaired) electrons. The SMILES string of the molecule is CCCCCC/C=C\CCCCCCCC(=O)OCC(COCCCCCCCCCCCCCCCCCCCCCC)OC(=O)CCCCCCCCCCC. The lowest BCUT2D eigenvalue weighted by atomic mass is 10.0. The Balaban J connectivity index is 4.09. The van der Waals surface area contributed by atoms with Crippen molar-refractivity contribution in [1.82, 2.24) is 0 Å². The van der Waals surface area contributed by atoms with Crippen LogP contribution in [0.25, 0.3) is 0 Å². The highest BCUT2D eigenvalue weighted by Gasteiger charge is 2.17. The van der Waals surface area contributed by atoms with Crippen LogP contribution in [0.2, 0.25) is 0 Å². The summed E-state index contributed by atoms with van der Waals surface area (Å²) in [6.45, 7) is 7.85. The molecule has 5 heteroatoms. The first kappa shape index (κ1) is 56.6. The first-order valence-corrected chi connectivity index (χ1v) is 26.2. The molecule has 0 bridgehead atoms. The van der Waals surface area contributed by atoms with Crippen molar-refractivity contribution >= 4 is 11.9 Å². The molecule has 0 spiro atoms. The van der Waals surface area contributed by atoms with E-state index in [1.54, 1.807) is 0 Å². The first-order chi connectivity index (χ1) is 28.6. The van der Waals surface area contributed by atoms with Gasteiger partial charge in [0.05, 0.1) is 6.61 Å². The van der Waals surface area contributed by atoms with Crippen molar-refractivity contribution in [3.8, 4) is 0 Å². The topological polar surface area (TPSA) is 61.8 Å². The molecule has 0 aromatic heterocycles. The molecule has 0 aromatic carbocycles. The van der Waals surface area contributed by atoms with Gasteiger partial charge in [-0.15, -0.1) is 0 Å². The Morgan fingerprint density at radius 1 is 0.362 bits per heavy atom. The molecule has 1 atom stereocenters. The van der Waals surface area contributed by atoms with Gasteiger partial charge < -0.3 is 14.2 Å². The van der Waals surface area contributed by atoms with Gasteiger partial charge in [0, 0.05) is 19.4 Å². The smallest absolute Gasteiger partial charge is 0.306 e. The Hall–Kier alpha value is -1.36. The van der Waals surface area contributed by atoms with Crippen LogP contribution in [0.1, 0.15) is 290 Å². The molecule has 0 heterocycles.